The van der Waals surface area contributed by atoms with Crippen LogP contribution in [0.5, 0.6) is 0 Å². The molecule has 7 nitrogen and oxygen atoms in total. The molecule has 0 bridgehead atoms. The number of nitrogens with two attached hydrogens (primary N) is 1. The SMILES string of the molecule is CN1CCN(c2ccc(CN(C(=O)C(N)=O)c3ccc(F)cc3)cn2)CC1. The van der Waals surface area contributed by atoms with E-state index in [0.717, 1.165) is 37.6 Å². The normalized spacial score (nSPS) is 14.8. The van der Waals surface area contributed by atoms with E-state index in [4.69, 9.17) is 5.73 Å². The van der Waals surface area contributed by atoms with Crippen LogP contribution >= 0.6 is 0 Å². The predicted octanol–water partition coefficient (Wildman–Crippen LogP) is 0.991. The average Bonchev–Trinajstić information content (AvgIpc) is 2.67. The fourth-order valence-corrected chi connectivity index (χ4v) is 2.95. The highest BCUT2D eigenvalue weighted by Gasteiger charge is 2.22. The Bertz CT molecular complexity index is 802. The predicted molar refractivity (Wildman–Crippen MR) is 101 cm³/mol. The Hall–Kier alpha value is -3.00. The van der Waals surface area contributed by atoms with Gasteiger partial charge < -0.3 is 15.5 Å². The van der Waals surface area contributed by atoms with E-state index in [9.17, 15) is 14.0 Å². The molecule has 0 aliphatic carbocycles. The lowest BCUT2D eigenvalue weighted by atomic mass is 10.2. The lowest BCUT2D eigenvalue weighted by molar-refractivity contribution is -0.135. The smallest absolute Gasteiger partial charge is 0.316 e. The number of hydrogen-bond donors (Lipinski definition) is 1. The Morgan fingerprint density at radius 3 is 2.33 bits per heavy atom. The van der Waals surface area contributed by atoms with E-state index in [1.54, 1.807) is 6.20 Å². The molecule has 142 valence electrons. The van der Waals surface area contributed by atoms with Crippen molar-refractivity contribution in [2.45, 2.75) is 6.54 Å². The first-order valence-electron chi connectivity index (χ1n) is 8.69. The Labute approximate surface area is 157 Å². The number of nitrogens with zero attached hydrogens (tertiary/aromatic N) is 4. The Balaban J connectivity index is 1.76. The van der Waals surface area contributed by atoms with Gasteiger partial charge in [0.25, 0.3) is 0 Å². The molecule has 0 saturated carbocycles. The van der Waals surface area contributed by atoms with Crippen LogP contribution in [0.2, 0.25) is 0 Å². The third-order valence-electron chi connectivity index (χ3n) is 4.57. The third kappa shape index (κ3) is 4.59. The number of amides is 2. The fourth-order valence-electron chi connectivity index (χ4n) is 2.95. The zero-order valence-electron chi connectivity index (χ0n) is 15.1. The number of anilines is 2. The summed E-state index contributed by atoms with van der Waals surface area (Å²) in [4.78, 5) is 33.8. The summed E-state index contributed by atoms with van der Waals surface area (Å²) in [5.41, 5.74) is 6.29. The van der Waals surface area contributed by atoms with E-state index in [0.29, 0.717) is 5.69 Å². The van der Waals surface area contributed by atoms with Crippen molar-refractivity contribution in [3.05, 3.63) is 54.0 Å². The molecule has 2 aromatic rings. The van der Waals surface area contributed by atoms with Crippen LogP contribution in [0.15, 0.2) is 42.6 Å². The lowest BCUT2D eigenvalue weighted by Crippen LogP contribution is -2.44. The topological polar surface area (TPSA) is 82.8 Å². The Morgan fingerprint density at radius 1 is 1.11 bits per heavy atom. The van der Waals surface area contributed by atoms with Gasteiger partial charge in [0.05, 0.1) is 6.54 Å². The molecule has 1 aliphatic rings. The number of aromatic nitrogens is 1. The van der Waals surface area contributed by atoms with Crippen molar-refractivity contribution in [2.75, 3.05) is 43.0 Å². The molecule has 1 aliphatic heterocycles. The van der Waals surface area contributed by atoms with Crippen LogP contribution in [0.3, 0.4) is 0 Å². The third-order valence-corrected chi connectivity index (χ3v) is 4.57. The molecule has 0 spiro atoms. The van der Waals surface area contributed by atoms with Crippen LogP contribution in [0.25, 0.3) is 0 Å². The molecule has 2 heterocycles. The van der Waals surface area contributed by atoms with Crippen molar-refractivity contribution >= 4 is 23.3 Å². The average molecular weight is 371 g/mol. The number of carbonyl (C=O) groups is 2. The van der Waals surface area contributed by atoms with Gasteiger partial charge in [-0.25, -0.2) is 9.37 Å². The zero-order chi connectivity index (χ0) is 19.4. The van der Waals surface area contributed by atoms with Gasteiger partial charge in [-0.15, -0.1) is 0 Å². The van der Waals surface area contributed by atoms with Crippen molar-refractivity contribution in [1.29, 1.82) is 0 Å². The molecule has 8 heteroatoms. The minimum absolute atomic E-state index is 0.115. The van der Waals surface area contributed by atoms with Gasteiger partial charge in [0.2, 0.25) is 0 Å². The summed E-state index contributed by atoms with van der Waals surface area (Å²) >= 11 is 0. The summed E-state index contributed by atoms with van der Waals surface area (Å²) < 4.78 is 13.2. The molecule has 3 rings (SSSR count). The van der Waals surface area contributed by atoms with Gasteiger partial charge in [-0.3, -0.25) is 14.5 Å². The summed E-state index contributed by atoms with van der Waals surface area (Å²) in [5.74, 6) is -1.48. The molecule has 1 fully saturated rings. The van der Waals surface area contributed by atoms with E-state index in [-0.39, 0.29) is 6.54 Å². The summed E-state index contributed by atoms with van der Waals surface area (Å²) in [6, 6.07) is 9.09. The molecule has 1 saturated heterocycles. The second-order valence-corrected chi connectivity index (χ2v) is 6.55. The number of rotatable bonds is 4. The van der Waals surface area contributed by atoms with Crippen molar-refractivity contribution in [3.63, 3.8) is 0 Å². The van der Waals surface area contributed by atoms with E-state index in [1.165, 1.54) is 29.2 Å². The van der Waals surface area contributed by atoms with Gasteiger partial charge in [-0.1, -0.05) is 6.07 Å². The first kappa shape index (κ1) is 18.8. The zero-order valence-corrected chi connectivity index (χ0v) is 15.1. The van der Waals surface area contributed by atoms with Crippen LogP contribution in [-0.4, -0.2) is 54.9 Å². The van der Waals surface area contributed by atoms with Crippen LogP contribution in [0, 0.1) is 5.82 Å². The van der Waals surface area contributed by atoms with Crippen LogP contribution < -0.4 is 15.5 Å². The number of likely N-dealkylation sites (N-methyl/N-ethyl adjacent to an activating group) is 1. The second-order valence-electron chi connectivity index (χ2n) is 6.55. The molecule has 27 heavy (non-hydrogen) atoms. The highest BCUT2D eigenvalue weighted by Crippen LogP contribution is 2.20. The molecule has 2 N–H and O–H groups in total. The van der Waals surface area contributed by atoms with Crippen LogP contribution in [0.1, 0.15) is 5.56 Å². The number of benzene rings is 1. The van der Waals surface area contributed by atoms with Crippen LogP contribution in [-0.2, 0) is 16.1 Å². The number of pyridine rings is 1. The first-order valence-corrected chi connectivity index (χ1v) is 8.69. The number of primary amides is 1. The Kier molecular flexibility index (Phi) is 5.66. The summed E-state index contributed by atoms with van der Waals surface area (Å²) in [6.45, 7) is 3.89. The Morgan fingerprint density at radius 2 is 1.78 bits per heavy atom. The highest BCUT2D eigenvalue weighted by molar-refractivity contribution is 6.39. The van der Waals surface area contributed by atoms with Crippen molar-refractivity contribution in [3.8, 4) is 0 Å². The summed E-state index contributed by atoms with van der Waals surface area (Å²) in [6.07, 6.45) is 1.68. The summed E-state index contributed by atoms with van der Waals surface area (Å²) in [7, 11) is 2.09. The molecule has 0 unspecified atom stereocenters. The van der Waals surface area contributed by atoms with E-state index in [1.807, 2.05) is 12.1 Å². The second kappa shape index (κ2) is 8.13. The van der Waals surface area contributed by atoms with E-state index in [2.05, 4.69) is 21.8 Å². The number of piperazine rings is 1. The monoisotopic (exact) mass is 371 g/mol. The molecular formula is C19H22FN5O2. The molecule has 0 radical (unpaired) electrons. The maximum atomic E-state index is 13.2. The fraction of sp³-hybridized carbons (Fsp3) is 0.316. The first-order chi connectivity index (χ1) is 12.9. The molecule has 0 atom stereocenters. The van der Waals surface area contributed by atoms with E-state index >= 15 is 0 Å². The van der Waals surface area contributed by atoms with Gasteiger partial charge in [-0.2, -0.15) is 0 Å². The summed E-state index contributed by atoms with van der Waals surface area (Å²) in [5, 5.41) is 0. The highest BCUT2D eigenvalue weighted by atomic mass is 19.1. The molecule has 1 aromatic carbocycles. The number of hydrogen-bond acceptors (Lipinski definition) is 5. The maximum Gasteiger partial charge on any atom is 0.316 e. The quantitative estimate of drug-likeness (QED) is 0.811. The van der Waals surface area contributed by atoms with Crippen molar-refractivity contribution < 1.29 is 14.0 Å². The maximum absolute atomic E-state index is 13.2. The lowest BCUT2D eigenvalue weighted by Gasteiger charge is -2.33. The van der Waals surface area contributed by atoms with Gasteiger partial charge in [0.1, 0.15) is 11.6 Å². The number of halogens is 1. The minimum atomic E-state index is -1.07. The van der Waals surface area contributed by atoms with Gasteiger partial charge in [0, 0.05) is 38.1 Å². The molecular weight excluding hydrogens is 349 g/mol. The largest absolute Gasteiger partial charge is 0.361 e. The van der Waals surface area contributed by atoms with Crippen LogP contribution in [0.4, 0.5) is 15.9 Å². The van der Waals surface area contributed by atoms with Gasteiger partial charge >= 0.3 is 11.8 Å². The molecule has 1 aromatic heterocycles. The van der Waals surface area contributed by atoms with E-state index < -0.39 is 17.6 Å². The van der Waals surface area contributed by atoms with Gasteiger partial charge in [0.15, 0.2) is 0 Å². The standard InChI is InChI=1S/C19H22FN5O2/c1-23-8-10-24(11-9-23)17-7-2-14(12-22-17)13-25(19(27)18(21)26)16-5-3-15(20)4-6-16/h2-7,12H,8-11,13H2,1H3,(H2,21,26). The van der Waals surface area contributed by atoms with Gasteiger partial charge in [-0.05, 0) is 42.9 Å². The van der Waals surface area contributed by atoms with Crippen molar-refractivity contribution in [1.82, 2.24) is 9.88 Å². The minimum Gasteiger partial charge on any atom is -0.361 e. The van der Waals surface area contributed by atoms with Crippen molar-refractivity contribution in [2.24, 2.45) is 5.73 Å². The number of carbonyl (C=O) groups excluding carboxylic acids is 2. The molecule has 2 amide bonds.